The zero-order chi connectivity index (χ0) is 22.0. The minimum Gasteiger partial charge on any atom is -0.439 e. The molecule has 3 aromatic heterocycles. The highest BCUT2D eigenvalue weighted by atomic mass is 19.3. The monoisotopic (exact) mass is 429 g/mol. The Balaban J connectivity index is 1.41. The molecule has 0 unspecified atom stereocenters. The van der Waals surface area contributed by atoms with Crippen molar-refractivity contribution in [3.8, 4) is 11.5 Å². The van der Waals surface area contributed by atoms with Gasteiger partial charge in [-0.15, -0.1) is 0 Å². The van der Waals surface area contributed by atoms with Crippen LogP contribution < -0.4 is 0 Å². The van der Waals surface area contributed by atoms with Gasteiger partial charge < -0.3 is 9.32 Å². The summed E-state index contributed by atoms with van der Waals surface area (Å²) in [5.74, 6) is 1.15. The van der Waals surface area contributed by atoms with Crippen LogP contribution in [-0.2, 0) is 11.2 Å². The molecule has 9 heteroatoms. The molecule has 0 saturated carbocycles. The molecule has 1 aliphatic heterocycles. The van der Waals surface area contributed by atoms with E-state index < -0.39 is 6.43 Å². The Bertz CT molecular complexity index is 1060. The fourth-order valence-corrected chi connectivity index (χ4v) is 3.96. The van der Waals surface area contributed by atoms with Gasteiger partial charge in [-0.25, -0.2) is 18.7 Å². The summed E-state index contributed by atoms with van der Waals surface area (Å²) in [7, 11) is 1.72. The van der Waals surface area contributed by atoms with Gasteiger partial charge in [0.15, 0.2) is 11.7 Å². The van der Waals surface area contributed by atoms with Gasteiger partial charge in [-0.3, -0.25) is 14.7 Å². The van der Waals surface area contributed by atoms with Gasteiger partial charge in [-0.05, 0) is 38.1 Å². The molecular weight excluding hydrogens is 404 g/mol. The molecule has 0 aromatic carbocycles. The van der Waals surface area contributed by atoms with Crippen LogP contribution in [0.25, 0.3) is 22.4 Å². The molecule has 1 amide bonds. The molecule has 0 radical (unpaired) electrons. The Morgan fingerprint density at radius 3 is 2.71 bits per heavy atom. The van der Waals surface area contributed by atoms with E-state index in [1.807, 2.05) is 18.2 Å². The van der Waals surface area contributed by atoms with E-state index in [9.17, 15) is 13.6 Å². The molecule has 7 nitrogen and oxygen atoms in total. The Morgan fingerprint density at radius 1 is 1.26 bits per heavy atom. The summed E-state index contributed by atoms with van der Waals surface area (Å²) in [5, 5.41) is 0.874. The first-order valence-electron chi connectivity index (χ1n) is 10.3. The molecule has 1 saturated heterocycles. The maximum atomic E-state index is 12.8. The predicted molar refractivity (Wildman–Crippen MR) is 112 cm³/mol. The second-order valence-electron chi connectivity index (χ2n) is 7.93. The van der Waals surface area contributed by atoms with Crippen molar-refractivity contribution in [2.75, 3.05) is 26.7 Å². The third-order valence-electron chi connectivity index (χ3n) is 5.70. The Hall–Kier alpha value is -2.94. The van der Waals surface area contributed by atoms with Gasteiger partial charge in [0.2, 0.25) is 5.91 Å². The quantitative estimate of drug-likeness (QED) is 0.598. The first-order chi connectivity index (χ1) is 14.9. The number of aryl methyl sites for hydroxylation is 1. The fraction of sp³-hybridized carbons (Fsp3) is 0.455. The molecule has 164 valence electrons. The van der Waals surface area contributed by atoms with Crippen LogP contribution in [-0.4, -0.2) is 69.8 Å². The highest BCUT2D eigenvalue weighted by Gasteiger charge is 2.26. The maximum Gasteiger partial charge on any atom is 0.251 e. The molecule has 31 heavy (non-hydrogen) atoms. The largest absolute Gasteiger partial charge is 0.439 e. The zero-order valence-electron chi connectivity index (χ0n) is 17.6. The Kier molecular flexibility index (Phi) is 6.22. The molecule has 4 rings (SSSR count). The van der Waals surface area contributed by atoms with Gasteiger partial charge in [-0.2, -0.15) is 0 Å². The van der Waals surface area contributed by atoms with Gasteiger partial charge in [0.1, 0.15) is 5.69 Å². The number of nitrogens with zero attached hydrogens (tertiary/aromatic N) is 5. The molecule has 0 N–H and O–H groups in total. The second kappa shape index (κ2) is 9.05. The maximum absolute atomic E-state index is 12.8. The lowest BCUT2D eigenvalue weighted by Crippen LogP contribution is -2.47. The number of alkyl halides is 2. The number of rotatable bonds is 6. The third kappa shape index (κ3) is 5.04. The Labute approximate surface area is 179 Å². The van der Waals surface area contributed by atoms with Gasteiger partial charge in [-0.1, -0.05) is 0 Å². The third-order valence-corrected chi connectivity index (χ3v) is 5.70. The van der Waals surface area contributed by atoms with Crippen LogP contribution in [0.4, 0.5) is 8.78 Å². The lowest BCUT2D eigenvalue weighted by Gasteiger charge is -2.36. The number of hydrogen-bond acceptors (Lipinski definition) is 6. The van der Waals surface area contributed by atoms with E-state index in [1.54, 1.807) is 36.2 Å². The number of likely N-dealkylation sites (tertiary alicyclic amines) is 1. The van der Waals surface area contributed by atoms with Crippen molar-refractivity contribution < 1.29 is 18.0 Å². The van der Waals surface area contributed by atoms with Crippen molar-refractivity contribution in [1.82, 2.24) is 24.8 Å². The molecule has 4 heterocycles. The Morgan fingerprint density at radius 2 is 2.03 bits per heavy atom. The molecule has 0 aliphatic carbocycles. The average molecular weight is 429 g/mol. The number of amides is 1. The van der Waals surface area contributed by atoms with E-state index in [2.05, 4.69) is 15.0 Å². The lowest BCUT2D eigenvalue weighted by molar-refractivity contribution is -0.132. The minimum atomic E-state index is -2.34. The van der Waals surface area contributed by atoms with E-state index in [4.69, 9.17) is 4.42 Å². The molecule has 1 aliphatic rings. The first-order valence-corrected chi connectivity index (χ1v) is 10.3. The van der Waals surface area contributed by atoms with Crippen molar-refractivity contribution in [2.24, 2.45) is 0 Å². The summed E-state index contributed by atoms with van der Waals surface area (Å²) in [6.45, 7) is 2.68. The van der Waals surface area contributed by atoms with Crippen LogP contribution in [0.2, 0.25) is 0 Å². The van der Waals surface area contributed by atoms with Crippen LogP contribution in [0.15, 0.2) is 35.0 Å². The summed E-state index contributed by atoms with van der Waals surface area (Å²) >= 11 is 0. The van der Waals surface area contributed by atoms with Crippen molar-refractivity contribution >= 4 is 16.8 Å². The number of fused-ring (bicyclic) bond motifs is 1. The number of carbonyl (C=O) groups is 1. The van der Waals surface area contributed by atoms with Crippen LogP contribution >= 0.6 is 0 Å². The number of carbonyl (C=O) groups excluding carboxylic acids is 1. The highest BCUT2D eigenvalue weighted by Crippen LogP contribution is 2.22. The summed E-state index contributed by atoms with van der Waals surface area (Å²) in [6.07, 6.45) is 2.58. The van der Waals surface area contributed by atoms with Crippen molar-refractivity contribution in [3.05, 3.63) is 42.2 Å². The number of pyridine rings is 2. The summed E-state index contributed by atoms with van der Waals surface area (Å²) in [6, 6.07) is 5.67. The summed E-state index contributed by atoms with van der Waals surface area (Å²) < 4.78 is 30.7. The van der Waals surface area contributed by atoms with Crippen molar-refractivity contribution in [3.63, 3.8) is 0 Å². The van der Waals surface area contributed by atoms with Gasteiger partial charge in [0, 0.05) is 37.6 Å². The number of halogens is 2. The van der Waals surface area contributed by atoms with E-state index in [1.165, 1.54) is 0 Å². The zero-order valence-corrected chi connectivity index (χ0v) is 17.6. The smallest absolute Gasteiger partial charge is 0.251 e. The van der Waals surface area contributed by atoms with E-state index in [0.717, 1.165) is 10.9 Å². The number of aromatic nitrogens is 3. The molecule has 3 aromatic rings. The average Bonchev–Trinajstić information content (AvgIpc) is 3.19. The minimum absolute atomic E-state index is 0.0103. The van der Waals surface area contributed by atoms with Crippen LogP contribution in [0.3, 0.4) is 0 Å². The van der Waals surface area contributed by atoms with Crippen molar-refractivity contribution in [2.45, 2.75) is 38.7 Å². The predicted octanol–water partition coefficient (Wildman–Crippen LogP) is 3.32. The van der Waals surface area contributed by atoms with Gasteiger partial charge in [0.05, 0.1) is 30.4 Å². The molecule has 0 bridgehead atoms. The second-order valence-corrected chi connectivity index (χ2v) is 7.93. The normalized spacial score (nSPS) is 15.4. The standard InChI is InChI=1S/C22H25F2N5O2/c1-14-25-12-20(31-14)18-4-3-15-11-26-16(9-19(15)27-18)10-22(30)29-7-5-17(6-8-29)28(2)13-21(23)24/h3-4,9,11-12,17,21H,5-8,10,13H2,1-2H3. The van der Waals surface area contributed by atoms with Crippen LogP contribution in [0, 0.1) is 6.92 Å². The number of oxazole rings is 1. The number of hydrogen-bond donors (Lipinski definition) is 0. The molecule has 1 fully saturated rings. The fourth-order valence-electron chi connectivity index (χ4n) is 3.96. The van der Waals surface area contributed by atoms with Crippen molar-refractivity contribution in [1.29, 1.82) is 0 Å². The van der Waals surface area contributed by atoms with E-state index >= 15 is 0 Å². The van der Waals surface area contributed by atoms with Gasteiger partial charge >= 0.3 is 0 Å². The number of piperidine rings is 1. The summed E-state index contributed by atoms with van der Waals surface area (Å²) in [4.78, 5) is 29.4. The lowest BCUT2D eigenvalue weighted by atomic mass is 10.0. The van der Waals surface area contributed by atoms with E-state index in [0.29, 0.717) is 49.0 Å². The first kappa shape index (κ1) is 21.3. The molecule has 0 atom stereocenters. The van der Waals surface area contributed by atoms with Crippen LogP contribution in [0.5, 0.6) is 0 Å². The van der Waals surface area contributed by atoms with Crippen LogP contribution in [0.1, 0.15) is 24.4 Å². The SMILES string of the molecule is Cc1ncc(-c2ccc3cnc(CC(=O)N4CCC(N(C)CC(F)F)CC4)cc3n2)o1. The summed E-state index contributed by atoms with van der Waals surface area (Å²) in [5.41, 5.74) is 2.05. The molecule has 0 spiro atoms. The highest BCUT2D eigenvalue weighted by molar-refractivity contribution is 5.83. The molecular formula is C22H25F2N5O2. The topological polar surface area (TPSA) is 75.4 Å². The van der Waals surface area contributed by atoms with Gasteiger partial charge in [0.25, 0.3) is 6.43 Å². The van der Waals surface area contributed by atoms with E-state index in [-0.39, 0.29) is 24.9 Å².